The van der Waals surface area contributed by atoms with Crippen LogP contribution in [-0.4, -0.2) is 9.78 Å². The summed E-state index contributed by atoms with van der Waals surface area (Å²) in [6.07, 6.45) is 0.934. The summed E-state index contributed by atoms with van der Waals surface area (Å²) in [6.45, 7) is 6.63. The highest BCUT2D eigenvalue weighted by atomic mass is 16.5. The highest BCUT2D eigenvalue weighted by molar-refractivity contribution is 5.39. The molecule has 108 valence electrons. The lowest BCUT2D eigenvalue weighted by molar-refractivity contribution is 0.290. The molecule has 2 rings (SSSR count). The summed E-state index contributed by atoms with van der Waals surface area (Å²) in [6, 6.07) is 8.18. The van der Waals surface area contributed by atoms with Gasteiger partial charge in [-0.25, -0.2) is 0 Å². The number of aromatic nitrogens is 2. The molecule has 2 aromatic rings. The van der Waals surface area contributed by atoms with Crippen LogP contribution in [0.2, 0.25) is 0 Å². The van der Waals surface area contributed by atoms with Gasteiger partial charge in [-0.15, -0.1) is 0 Å². The van der Waals surface area contributed by atoms with E-state index in [0.29, 0.717) is 6.61 Å². The van der Waals surface area contributed by atoms with Gasteiger partial charge in [-0.2, -0.15) is 5.10 Å². The predicted octanol–water partition coefficient (Wildman–Crippen LogP) is 2.89. The normalized spacial score (nSPS) is 12.4. The van der Waals surface area contributed by atoms with Gasteiger partial charge in [0.05, 0.1) is 11.4 Å². The lowest BCUT2D eigenvalue weighted by Gasteiger charge is -2.14. The molecule has 0 bridgehead atoms. The summed E-state index contributed by atoms with van der Waals surface area (Å²) in [5.41, 5.74) is 10.4. The Labute approximate surface area is 120 Å². The second kappa shape index (κ2) is 6.09. The summed E-state index contributed by atoms with van der Waals surface area (Å²) in [7, 11) is 1.95. The van der Waals surface area contributed by atoms with Crippen LogP contribution in [0, 0.1) is 6.92 Å². The number of nitrogens with zero attached hydrogens (tertiary/aromatic N) is 2. The molecule has 0 saturated carbocycles. The molecule has 1 aromatic carbocycles. The van der Waals surface area contributed by atoms with Crippen LogP contribution in [0.25, 0.3) is 0 Å². The Morgan fingerprint density at radius 1 is 1.35 bits per heavy atom. The molecule has 1 heterocycles. The van der Waals surface area contributed by atoms with E-state index in [1.54, 1.807) is 0 Å². The molecule has 20 heavy (non-hydrogen) atoms. The van der Waals surface area contributed by atoms with Crippen molar-refractivity contribution in [3.63, 3.8) is 0 Å². The van der Waals surface area contributed by atoms with E-state index in [4.69, 9.17) is 10.5 Å². The number of nitrogens with two attached hydrogens (primary N) is 1. The maximum atomic E-state index is 5.99. The zero-order valence-corrected chi connectivity index (χ0v) is 12.7. The number of aryl methyl sites for hydroxylation is 3. The molecule has 4 nitrogen and oxygen atoms in total. The average molecular weight is 273 g/mol. The van der Waals surface area contributed by atoms with Crippen LogP contribution in [-0.2, 0) is 20.1 Å². The van der Waals surface area contributed by atoms with Crippen molar-refractivity contribution in [1.29, 1.82) is 0 Å². The van der Waals surface area contributed by atoms with Gasteiger partial charge in [0.25, 0.3) is 0 Å². The van der Waals surface area contributed by atoms with Gasteiger partial charge < -0.3 is 10.5 Å². The van der Waals surface area contributed by atoms with E-state index in [0.717, 1.165) is 29.1 Å². The summed E-state index contributed by atoms with van der Waals surface area (Å²) in [5, 5.41) is 4.43. The topological polar surface area (TPSA) is 53.1 Å². The number of hydrogen-bond donors (Lipinski definition) is 1. The second-order valence-corrected chi connectivity index (χ2v) is 5.22. The molecule has 2 N–H and O–H groups in total. The third kappa shape index (κ3) is 3.20. The standard InChI is InChI=1S/C16H23N3O/c1-5-13-9-14(19(4)18-13)10-20-16-8-11(2)6-7-15(16)12(3)17/h6-9,12H,5,10,17H2,1-4H3/t12-/m1/s1. The lowest BCUT2D eigenvalue weighted by atomic mass is 10.1. The van der Waals surface area contributed by atoms with Crippen LogP contribution in [0.5, 0.6) is 5.75 Å². The first-order valence-electron chi connectivity index (χ1n) is 7.02. The van der Waals surface area contributed by atoms with E-state index >= 15 is 0 Å². The minimum Gasteiger partial charge on any atom is -0.487 e. The number of hydrogen-bond acceptors (Lipinski definition) is 3. The Bertz CT molecular complexity index is 587. The van der Waals surface area contributed by atoms with Gasteiger partial charge in [-0.3, -0.25) is 4.68 Å². The number of ether oxygens (including phenoxy) is 1. The summed E-state index contributed by atoms with van der Waals surface area (Å²) in [4.78, 5) is 0. The van der Waals surface area contributed by atoms with Crippen molar-refractivity contribution < 1.29 is 4.74 Å². The van der Waals surface area contributed by atoms with Gasteiger partial charge >= 0.3 is 0 Å². The van der Waals surface area contributed by atoms with E-state index < -0.39 is 0 Å². The average Bonchev–Trinajstić information content (AvgIpc) is 2.76. The van der Waals surface area contributed by atoms with Crippen LogP contribution in [0.3, 0.4) is 0 Å². The van der Waals surface area contributed by atoms with Gasteiger partial charge in [-0.05, 0) is 38.0 Å². The van der Waals surface area contributed by atoms with Gasteiger partial charge in [0, 0.05) is 18.7 Å². The molecule has 0 fully saturated rings. The van der Waals surface area contributed by atoms with Crippen LogP contribution in [0.15, 0.2) is 24.3 Å². The minimum atomic E-state index is -0.0386. The van der Waals surface area contributed by atoms with Crippen molar-refractivity contribution in [1.82, 2.24) is 9.78 Å². The quantitative estimate of drug-likeness (QED) is 0.911. The van der Waals surface area contributed by atoms with Crippen molar-refractivity contribution in [3.05, 3.63) is 46.8 Å². The largest absolute Gasteiger partial charge is 0.487 e. The van der Waals surface area contributed by atoms with Crippen LogP contribution in [0.4, 0.5) is 0 Å². The molecule has 1 atom stereocenters. The van der Waals surface area contributed by atoms with E-state index in [-0.39, 0.29) is 6.04 Å². The molecular formula is C16H23N3O. The molecule has 1 aromatic heterocycles. The predicted molar refractivity (Wildman–Crippen MR) is 80.7 cm³/mol. The maximum Gasteiger partial charge on any atom is 0.130 e. The van der Waals surface area contributed by atoms with Crippen LogP contribution >= 0.6 is 0 Å². The summed E-state index contributed by atoms with van der Waals surface area (Å²) in [5.74, 6) is 0.860. The highest BCUT2D eigenvalue weighted by Gasteiger charge is 2.10. The Balaban J connectivity index is 2.17. The van der Waals surface area contributed by atoms with Gasteiger partial charge in [-0.1, -0.05) is 19.1 Å². The highest BCUT2D eigenvalue weighted by Crippen LogP contribution is 2.26. The smallest absolute Gasteiger partial charge is 0.130 e. The number of rotatable bonds is 5. The van der Waals surface area contributed by atoms with E-state index in [1.165, 1.54) is 5.56 Å². The van der Waals surface area contributed by atoms with Crippen molar-refractivity contribution in [2.75, 3.05) is 0 Å². The molecule has 4 heteroatoms. The first-order chi connectivity index (χ1) is 9.51. The van der Waals surface area contributed by atoms with E-state index in [1.807, 2.05) is 30.8 Å². The summed E-state index contributed by atoms with van der Waals surface area (Å²) < 4.78 is 7.84. The van der Waals surface area contributed by atoms with Gasteiger partial charge in [0.2, 0.25) is 0 Å². The monoisotopic (exact) mass is 273 g/mol. The van der Waals surface area contributed by atoms with Crippen LogP contribution in [0.1, 0.15) is 42.4 Å². The van der Waals surface area contributed by atoms with Crippen molar-refractivity contribution in [2.45, 2.75) is 39.8 Å². The van der Waals surface area contributed by atoms with Crippen LogP contribution < -0.4 is 10.5 Å². The Hall–Kier alpha value is -1.81. The Morgan fingerprint density at radius 2 is 2.10 bits per heavy atom. The second-order valence-electron chi connectivity index (χ2n) is 5.22. The third-order valence-electron chi connectivity index (χ3n) is 3.42. The fraction of sp³-hybridized carbons (Fsp3) is 0.438. The third-order valence-corrected chi connectivity index (χ3v) is 3.42. The molecule has 0 unspecified atom stereocenters. The molecule has 0 spiro atoms. The molecule has 0 aliphatic heterocycles. The van der Waals surface area contributed by atoms with Crippen molar-refractivity contribution in [3.8, 4) is 5.75 Å². The molecule has 0 aliphatic rings. The SMILES string of the molecule is CCc1cc(COc2cc(C)ccc2[C@@H](C)N)n(C)n1. The Kier molecular flexibility index (Phi) is 4.45. The van der Waals surface area contributed by atoms with E-state index in [2.05, 4.69) is 31.1 Å². The first-order valence-corrected chi connectivity index (χ1v) is 7.02. The fourth-order valence-electron chi connectivity index (χ4n) is 2.17. The van der Waals surface area contributed by atoms with E-state index in [9.17, 15) is 0 Å². The Morgan fingerprint density at radius 3 is 2.70 bits per heavy atom. The minimum absolute atomic E-state index is 0.0386. The van der Waals surface area contributed by atoms with Crippen molar-refractivity contribution in [2.24, 2.45) is 12.8 Å². The summed E-state index contributed by atoms with van der Waals surface area (Å²) >= 11 is 0. The maximum absolute atomic E-state index is 5.99. The molecule has 0 aliphatic carbocycles. The zero-order chi connectivity index (χ0) is 14.7. The molecule has 0 amide bonds. The molecule has 0 saturated heterocycles. The van der Waals surface area contributed by atoms with Gasteiger partial charge in [0.1, 0.15) is 12.4 Å². The molecule has 0 radical (unpaired) electrons. The molecular weight excluding hydrogens is 250 g/mol. The lowest BCUT2D eigenvalue weighted by Crippen LogP contribution is -2.09. The fourth-order valence-corrected chi connectivity index (χ4v) is 2.17. The number of benzene rings is 1. The first kappa shape index (κ1) is 14.6. The zero-order valence-electron chi connectivity index (χ0n) is 12.7. The van der Waals surface area contributed by atoms with Crippen molar-refractivity contribution >= 4 is 0 Å². The van der Waals surface area contributed by atoms with Gasteiger partial charge in [0.15, 0.2) is 0 Å².